The SMILES string of the molecule is C[C-](C)CC(C)C(C)(C)CC(=O)O.[Y+3]. The van der Waals surface area contributed by atoms with Gasteiger partial charge in [-0.05, 0) is 5.41 Å². The van der Waals surface area contributed by atoms with Gasteiger partial charge in [0.1, 0.15) is 0 Å². The Morgan fingerprint density at radius 1 is 1.43 bits per heavy atom. The third-order valence-electron chi connectivity index (χ3n) is 2.66. The first-order valence-corrected chi connectivity index (χ1v) is 4.76. The zero-order chi connectivity index (χ0) is 10.6. The molecule has 0 aromatic heterocycles. The van der Waals surface area contributed by atoms with Gasteiger partial charge < -0.3 is 11.0 Å². The van der Waals surface area contributed by atoms with Gasteiger partial charge in [-0.3, -0.25) is 4.79 Å². The van der Waals surface area contributed by atoms with Gasteiger partial charge in [0.2, 0.25) is 0 Å². The normalized spacial score (nSPS) is 13.6. The van der Waals surface area contributed by atoms with E-state index in [2.05, 4.69) is 20.8 Å². The summed E-state index contributed by atoms with van der Waals surface area (Å²) in [6.07, 6.45) is 1.27. The summed E-state index contributed by atoms with van der Waals surface area (Å²) >= 11 is 0. The van der Waals surface area contributed by atoms with Gasteiger partial charge in [-0.2, -0.15) is 20.3 Å². The van der Waals surface area contributed by atoms with Crippen molar-refractivity contribution >= 4 is 5.97 Å². The molecule has 0 aromatic carbocycles. The Hall–Kier alpha value is 0.574. The molecule has 2 nitrogen and oxygen atoms in total. The maximum atomic E-state index is 10.6. The Bertz CT molecular complexity index is 176. The van der Waals surface area contributed by atoms with E-state index in [0.29, 0.717) is 5.92 Å². The fourth-order valence-electron chi connectivity index (χ4n) is 1.45. The summed E-state index contributed by atoms with van der Waals surface area (Å²) < 4.78 is 0. The molecule has 0 aliphatic carbocycles. The summed E-state index contributed by atoms with van der Waals surface area (Å²) in [7, 11) is 0. The standard InChI is InChI=1S/C11H21O2.Y/c1-8(2)6-9(3)11(4,5)7-10(12)13;/h9H,6-7H2,1-5H3,(H,12,13);/q-1;+3. The van der Waals surface area contributed by atoms with Crippen LogP contribution >= 0.6 is 0 Å². The predicted octanol–water partition coefficient (Wildman–Crippen LogP) is 3.13. The molecule has 78 valence electrons. The Kier molecular flexibility index (Phi) is 8.43. The van der Waals surface area contributed by atoms with Crippen molar-refractivity contribution in [2.75, 3.05) is 0 Å². The average molecular weight is 274 g/mol. The molecule has 0 amide bonds. The van der Waals surface area contributed by atoms with E-state index in [-0.39, 0.29) is 44.5 Å². The van der Waals surface area contributed by atoms with Gasteiger partial charge in [-0.25, -0.2) is 0 Å². The number of carboxylic acid groups (broad SMARTS) is 1. The number of rotatable bonds is 5. The second kappa shape index (κ2) is 6.95. The van der Waals surface area contributed by atoms with Crippen molar-refractivity contribution in [2.45, 2.75) is 47.5 Å². The third-order valence-corrected chi connectivity index (χ3v) is 2.66. The van der Waals surface area contributed by atoms with Gasteiger partial charge in [-0.1, -0.05) is 26.7 Å². The largest absolute Gasteiger partial charge is 3.00 e. The molecule has 0 bridgehead atoms. The van der Waals surface area contributed by atoms with Gasteiger partial charge in [-0.15, -0.1) is 0 Å². The molecular formula is C11H21O2Y+2. The van der Waals surface area contributed by atoms with Gasteiger partial charge >= 0.3 is 38.7 Å². The molecule has 1 N–H and O–H groups in total. The Labute approximate surface area is 113 Å². The maximum Gasteiger partial charge on any atom is 3.00 e. The van der Waals surface area contributed by atoms with E-state index in [0.717, 1.165) is 6.42 Å². The summed E-state index contributed by atoms with van der Waals surface area (Å²) in [4.78, 5) is 10.6. The summed E-state index contributed by atoms with van der Waals surface area (Å²) in [5.41, 5.74) is -0.108. The van der Waals surface area contributed by atoms with Crippen molar-refractivity contribution in [1.29, 1.82) is 0 Å². The molecule has 0 fully saturated rings. The topological polar surface area (TPSA) is 37.3 Å². The molecule has 0 spiro atoms. The molecule has 1 unspecified atom stereocenters. The van der Waals surface area contributed by atoms with E-state index in [1.165, 1.54) is 5.92 Å². The Morgan fingerprint density at radius 2 is 1.86 bits per heavy atom. The van der Waals surface area contributed by atoms with Gasteiger partial charge in [0.05, 0.1) is 6.42 Å². The van der Waals surface area contributed by atoms with Crippen molar-refractivity contribution in [3.63, 3.8) is 0 Å². The first-order valence-electron chi connectivity index (χ1n) is 4.76. The van der Waals surface area contributed by atoms with Crippen LogP contribution in [0.5, 0.6) is 0 Å². The van der Waals surface area contributed by atoms with Crippen LogP contribution in [0.2, 0.25) is 0 Å². The van der Waals surface area contributed by atoms with Gasteiger partial charge in [0.15, 0.2) is 0 Å². The molecule has 0 saturated heterocycles. The second-order valence-corrected chi connectivity index (χ2v) is 4.87. The summed E-state index contributed by atoms with van der Waals surface area (Å²) in [5.74, 6) is 1.09. The summed E-state index contributed by atoms with van der Waals surface area (Å²) in [6, 6.07) is 0. The maximum absolute atomic E-state index is 10.6. The van der Waals surface area contributed by atoms with E-state index in [1.807, 2.05) is 13.8 Å². The Morgan fingerprint density at radius 3 is 2.14 bits per heavy atom. The van der Waals surface area contributed by atoms with Crippen molar-refractivity contribution < 1.29 is 42.6 Å². The quantitative estimate of drug-likeness (QED) is 0.782. The number of carboxylic acids is 1. The van der Waals surface area contributed by atoms with Gasteiger partial charge in [0.25, 0.3) is 0 Å². The second-order valence-electron chi connectivity index (χ2n) is 4.87. The fraction of sp³-hybridized carbons (Fsp3) is 0.818. The Balaban J connectivity index is 0. The first kappa shape index (κ1) is 17.0. The van der Waals surface area contributed by atoms with E-state index in [4.69, 9.17) is 5.11 Å². The third kappa shape index (κ3) is 6.94. The number of hydrogen-bond acceptors (Lipinski definition) is 1. The zero-order valence-electron chi connectivity index (χ0n) is 9.92. The molecule has 1 atom stereocenters. The van der Waals surface area contributed by atoms with Crippen LogP contribution in [-0.2, 0) is 37.5 Å². The van der Waals surface area contributed by atoms with Crippen LogP contribution in [0.15, 0.2) is 0 Å². The van der Waals surface area contributed by atoms with E-state index >= 15 is 0 Å². The van der Waals surface area contributed by atoms with Crippen molar-refractivity contribution in [3.8, 4) is 0 Å². The predicted molar refractivity (Wildman–Crippen MR) is 54.4 cm³/mol. The van der Waals surface area contributed by atoms with Crippen LogP contribution < -0.4 is 0 Å². The minimum Gasteiger partial charge on any atom is -0.481 e. The van der Waals surface area contributed by atoms with Crippen LogP contribution in [0.3, 0.4) is 0 Å². The summed E-state index contributed by atoms with van der Waals surface area (Å²) in [5, 5.41) is 8.73. The monoisotopic (exact) mass is 274 g/mol. The smallest absolute Gasteiger partial charge is 0.481 e. The molecule has 0 saturated carbocycles. The van der Waals surface area contributed by atoms with Crippen molar-refractivity contribution in [2.24, 2.45) is 11.3 Å². The minimum absolute atomic E-state index is 0. The van der Waals surface area contributed by atoms with E-state index < -0.39 is 5.97 Å². The minimum atomic E-state index is -0.703. The number of hydrogen-bond donors (Lipinski definition) is 1. The molecule has 0 aliphatic heterocycles. The molecular weight excluding hydrogens is 253 g/mol. The molecule has 0 aliphatic rings. The van der Waals surface area contributed by atoms with E-state index in [1.54, 1.807) is 0 Å². The molecule has 0 heterocycles. The number of carbonyl (C=O) groups is 1. The average Bonchev–Trinajstić information content (AvgIpc) is 1.81. The molecule has 14 heavy (non-hydrogen) atoms. The van der Waals surface area contributed by atoms with Crippen LogP contribution in [0.4, 0.5) is 0 Å². The zero-order valence-corrected chi connectivity index (χ0v) is 12.8. The van der Waals surface area contributed by atoms with Crippen LogP contribution in [0.25, 0.3) is 0 Å². The first-order chi connectivity index (χ1) is 5.75. The van der Waals surface area contributed by atoms with Crippen molar-refractivity contribution in [1.82, 2.24) is 0 Å². The van der Waals surface area contributed by atoms with Crippen LogP contribution in [0.1, 0.15) is 47.5 Å². The molecule has 0 aromatic rings. The fourth-order valence-corrected chi connectivity index (χ4v) is 1.45. The van der Waals surface area contributed by atoms with Crippen molar-refractivity contribution in [3.05, 3.63) is 5.92 Å². The number of aliphatic carboxylic acids is 1. The van der Waals surface area contributed by atoms with E-state index in [9.17, 15) is 4.79 Å². The van der Waals surface area contributed by atoms with Crippen LogP contribution in [-0.4, -0.2) is 11.1 Å². The summed E-state index contributed by atoms with van der Waals surface area (Å²) in [6.45, 7) is 10.3. The molecule has 0 radical (unpaired) electrons. The molecule has 3 heteroatoms. The van der Waals surface area contributed by atoms with Gasteiger partial charge in [0, 0.05) is 0 Å². The van der Waals surface area contributed by atoms with Crippen LogP contribution in [0, 0.1) is 17.3 Å². The molecule has 0 rings (SSSR count).